The number of pyridine rings is 1. The molecule has 1 heterocycles. The average Bonchev–Trinajstić information content (AvgIpc) is 2.70. The van der Waals surface area contributed by atoms with Gasteiger partial charge in [0.15, 0.2) is 0 Å². The zero-order valence-corrected chi connectivity index (χ0v) is 16.8. The number of benzene rings is 1. The fourth-order valence-electron chi connectivity index (χ4n) is 2.83. The number of hydrogen-bond acceptors (Lipinski definition) is 4. The summed E-state index contributed by atoms with van der Waals surface area (Å²) in [5.74, 6) is 0.778. The van der Waals surface area contributed by atoms with Gasteiger partial charge in [-0.25, -0.2) is 0 Å². The Morgan fingerprint density at radius 1 is 1.11 bits per heavy atom. The van der Waals surface area contributed by atoms with Crippen LogP contribution >= 0.6 is 0 Å². The van der Waals surface area contributed by atoms with Crippen LogP contribution in [0.2, 0.25) is 0 Å². The Morgan fingerprint density at radius 2 is 1.86 bits per heavy atom. The number of ether oxygens (including phenoxy) is 1. The van der Waals surface area contributed by atoms with Crippen molar-refractivity contribution >= 4 is 11.8 Å². The third-order valence-electron chi connectivity index (χ3n) is 4.35. The summed E-state index contributed by atoms with van der Waals surface area (Å²) in [7, 11) is 1.62. The lowest BCUT2D eigenvalue weighted by atomic mass is 10.0. The first-order chi connectivity index (χ1) is 13.5. The highest BCUT2D eigenvalue weighted by Crippen LogP contribution is 2.13. The van der Waals surface area contributed by atoms with Gasteiger partial charge in [-0.05, 0) is 48.1 Å². The Bertz CT molecular complexity index is 745. The van der Waals surface area contributed by atoms with Crippen molar-refractivity contribution in [1.82, 2.24) is 15.6 Å². The number of aromatic nitrogens is 1. The van der Waals surface area contributed by atoms with Crippen LogP contribution in [0, 0.1) is 5.92 Å². The second-order valence-electron chi connectivity index (χ2n) is 7.18. The standard InChI is InChI=1S/C22H29N3O3/c1-16(2)13-20(22(27)24-15-18-5-4-12-23-14-18)25-21(26)11-8-17-6-9-19(28-3)10-7-17/h4-7,9-10,12,14,16,20H,8,11,13,15H2,1-3H3,(H,24,27)(H,25,26)/t20-/m0/s1. The third kappa shape index (κ3) is 7.39. The first kappa shape index (κ1) is 21.4. The number of hydrogen-bond donors (Lipinski definition) is 2. The Hall–Kier alpha value is -2.89. The fraction of sp³-hybridized carbons (Fsp3) is 0.409. The smallest absolute Gasteiger partial charge is 0.242 e. The van der Waals surface area contributed by atoms with Crippen LogP contribution in [0.25, 0.3) is 0 Å². The van der Waals surface area contributed by atoms with Crippen LogP contribution in [0.5, 0.6) is 5.75 Å². The zero-order chi connectivity index (χ0) is 20.4. The molecule has 150 valence electrons. The molecule has 0 bridgehead atoms. The van der Waals surface area contributed by atoms with Crippen molar-refractivity contribution in [2.24, 2.45) is 5.92 Å². The number of carbonyl (C=O) groups is 2. The van der Waals surface area contributed by atoms with Gasteiger partial charge in [0.05, 0.1) is 7.11 Å². The van der Waals surface area contributed by atoms with Crippen molar-refractivity contribution < 1.29 is 14.3 Å². The summed E-state index contributed by atoms with van der Waals surface area (Å²) in [5, 5.41) is 5.77. The van der Waals surface area contributed by atoms with Gasteiger partial charge in [0.2, 0.25) is 11.8 Å². The molecule has 2 amide bonds. The summed E-state index contributed by atoms with van der Waals surface area (Å²) >= 11 is 0. The molecule has 1 aromatic carbocycles. The van der Waals surface area contributed by atoms with Crippen molar-refractivity contribution in [1.29, 1.82) is 0 Å². The van der Waals surface area contributed by atoms with Crippen LogP contribution < -0.4 is 15.4 Å². The number of methoxy groups -OCH3 is 1. The molecule has 0 aliphatic heterocycles. The first-order valence-corrected chi connectivity index (χ1v) is 9.57. The Kier molecular flexibility index (Phi) is 8.46. The molecule has 2 N–H and O–H groups in total. The molecule has 0 aliphatic carbocycles. The molecule has 0 unspecified atom stereocenters. The van der Waals surface area contributed by atoms with Crippen molar-refractivity contribution in [3.05, 3.63) is 59.9 Å². The van der Waals surface area contributed by atoms with E-state index in [0.29, 0.717) is 25.8 Å². The number of nitrogens with one attached hydrogen (secondary N) is 2. The molecule has 6 heteroatoms. The molecule has 0 spiro atoms. The number of amides is 2. The van der Waals surface area contributed by atoms with E-state index in [9.17, 15) is 9.59 Å². The van der Waals surface area contributed by atoms with Gasteiger partial charge in [-0.3, -0.25) is 14.6 Å². The molecule has 0 fully saturated rings. The van der Waals surface area contributed by atoms with Crippen LogP contribution in [0.3, 0.4) is 0 Å². The minimum absolute atomic E-state index is 0.127. The van der Waals surface area contributed by atoms with Gasteiger partial charge >= 0.3 is 0 Å². The summed E-state index contributed by atoms with van der Waals surface area (Å²) in [6, 6.07) is 10.8. The maximum atomic E-state index is 12.6. The molecule has 2 aromatic rings. The van der Waals surface area contributed by atoms with Crippen molar-refractivity contribution in [3.63, 3.8) is 0 Å². The zero-order valence-electron chi connectivity index (χ0n) is 16.8. The van der Waals surface area contributed by atoms with E-state index < -0.39 is 6.04 Å². The SMILES string of the molecule is COc1ccc(CCC(=O)N[C@@H](CC(C)C)C(=O)NCc2cccnc2)cc1. The Labute approximate surface area is 166 Å². The molecule has 6 nitrogen and oxygen atoms in total. The van der Waals surface area contributed by atoms with Crippen LogP contribution in [-0.2, 0) is 22.6 Å². The summed E-state index contributed by atoms with van der Waals surface area (Å²) in [4.78, 5) is 29.0. The van der Waals surface area contributed by atoms with E-state index in [1.807, 2.05) is 50.2 Å². The maximum Gasteiger partial charge on any atom is 0.242 e. The minimum Gasteiger partial charge on any atom is -0.497 e. The number of carbonyl (C=O) groups excluding carboxylic acids is 2. The van der Waals surface area contributed by atoms with E-state index in [-0.39, 0.29) is 17.7 Å². The summed E-state index contributed by atoms with van der Waals surface area (Å²) in [5.41, 5.74) is 1.97. The van der Waals surface area contributed by atoms with E-state index in [4.69, 9.17) is 4.74 Å². The molecule has 1 aromatic heterocycles. The summed E-state index contributed by atoms with van der Waals surface area (Å²) in [6.45, 7) is 4.46. The third-order valence-corrected chi connectivity index (χ3v) is 4.35. The molecule has 0 saturated carbocycles. The summed E-state index contributed by atoms with van der Waals surface area (Å²) < 4.78 is 5.14. The highest BCUT2D eigenvalue weighted by Gasteiger charge is 2.21. The van der Waals surface area contributed by atoms with E-state index in [2.05, 4.69) is 15.6 Å². The van der Waals surface area contributed by atoms with Crippen LogP contribution in [0.4, 0.5) is 0 Å². The highest BCUT2D eigenvalue weighted by atomic mass is 16.5. The first-order valence-electron chi connectivity index (χ1n) is 9.57. The lowest BCUT2D eigenvalue weighted by Crippen LogP contribution is -2.47. The lowest BCUT2D eigenvalue weighted by molar-refractivity contribution is -0.129. The number of aryl methyl sites for hydroxylation is 1. The molecule has 0 saturated heterocycles. The molecule has 1 atom stereocenters. The van der Waals surface area contributed by atoms with Crippen LogP contribution in [0.15, 0.2) is 48.8 Å². The number of rotatable bonds is 10. The van der Waals surface area contributed by atoms with E-state index >= 15 is 0 Å². The normalized spacial score (nSPS) is 11.7. The quantitative estimate of drug-likeness (QED) is 0.661. The van der Waals surface area contributed by atoms with Gasteiger partial charge in [0.1, 0.15) is 11.8 Å². The van der Waals surface area contributed by atoms with E-state index in [0.717, 1.165) is 16.9 Å². The van der Waals surface area contributed by atoms with Gasteiger partial charge in [0.25, 0.3) is 0 Å². The van der Waals surface area contributed by atoms with Crippen molar-refractivity contribution in [2.45, 2.75) is 45.7 Å². The van der Waals surface area contributed by atoms with Crippen molar-refractivity contribution in [3.8, 4) is 5.75 Å². The van der Waals surface area contributed by atoms with Crippen molar-refractivity contribution in [2.75, 3.05) is 7.11 Å². The molecular formula is C22H29N3O3. The van der Waals surface area contributed by atoms with E-state index in [1.165, 1.54) is 0 Å². The molecule has 28 heavy (non-hydrogen) atoms. The fourth-order valence-corrected chi connectivity index (χ4v) is 2.83. The highest BCUT2D eigenvalue weighted by molar-refractivity contribution is 5.87. The molecule has 0 radical (unpaired) electrons. The molecular weight excluding hydrogens is 354 g/mol. The predicted molar refractivity (Wildman–Crippen MR) is 109 cm³/mol. The molecule has 0 aliphatic rings. The Morgan fingerprint density at radius 3 is 2.46 bits per heavy atom. The van der Waals surface area contributed by atoms with Gasteiger partial charge in [-0.1, -0.05) is 32.0 Å². The van der Waals surface area contributed by atoms with Crippen LogP contribution in [0.1, 0.15) is 37.8 Å². The molecule has 2 rings (SSSR count). The van der Waals surface area contributed by atoms with Crippen LogP contribution in [-0.4, -0.2) is 29.9 Å². The largest absolute Gasteiger partial charge is 0.497 e. The van der Waals surface area contributed by atoms with Gasteiger partial charge < -0.3 is 15.4 Å². The van der Waals surface area contributed by atoms with Gasteiger partial charge in [0, 0.05) is 25.4 Å². The second kappa shape index (κ2) is 11.1. The minimum atomic E-state index is -0.542. The Balaban J connectivity index is 1.86. The predicted octanol–water partition coefficient (Wildman–Crippen LogP) is 2.87. The van der Waals surface area contributed by atoms with E-state index in [1.54, 1.807) is 19.5 Å². The van der Waals surface area contributed by atoms with Gasteiger partial charge in [-0.15, -0.1) is 0 Å². The second-order valence-corrected chi connectivity index (χ2v) is 7.18. The van der Waals surface area contributed by atoms with Gasteiger partial charge in [-0.2, -0.15) is 0 Å². The average molecular weight is 383 g/mol. The summed E-state index contributed by atoms with van der Waals surface area (Å²) in [6.07, 6.45) is 4.94. The monoisotopic (exact) mass is 383 g/mol. The topological polar surface area (TPSA) is 80.3 Å². The number of nitrogens with zero attached hydrogens (tertiary/aromatic N) is 1. The maximum absolute atomic E-state index is 12.6. The lowest BCUT2D eigenvalue weighted by Gasteiger charge is -2.20.